The number of benzene rings is 2. The zero-order valence-corrected chi connectivity index (χ0v) is 16.3. The highest BCUT2D eigenvalue weighted by molar-refractivity contribution is 8.02. The highest BCUT2D eigenvalue weighted by Gasteiger charge is 2.17. The van der Waals surface area contributed by atoms with Crippen molar-refractivity contribution >= 4 is 34.1 Å². The Bertz CT molecular complexity index is 871. The summed E-state index contributed by atoms with van der Waals surface area (Å²) in [6.45, 7) is 2.88. The van der Waals surface area contributed by atoms with Crippen molar-refractivity contribution in [2.75, 3.05) is 5.32 Å². The number of anilines is 1. The van der Waals surface area contributed by atoms with Gasteiger partial charge in [-0.2, -0.15) is 0 Å². The number of carbonyl (C=O) groups excluding carboxylic acids is 1. The maximum Gasteiger partial charge on any atom is 0.233 e. The first-order chi connectivity index (χ1) is 13.1. The minimum Gasteiger partial charge on any atom is -0.356 e. The SMILES string of the molecule is CC(Sc1nnc(NCc2ccc(F)cc2)s1)C(=O)NCc1ccccc1. The number of thioether (sulfide) groups is 1. The van der Waals surface area contributed by atoms with Gasteiger partial charge >= 0.3 is 0 Å². The van der Waals surface area contributed by atoms with Gasteiger partial charge in [-0.25, -0.2) is 4.39 Å². The van der Waals surface area contributed by atoms with Crippen molar-refractivity contribution in [1.82, 2.24) is 15.5 Å². The van der Waals surface area contributed by atoms with E-state index in [0.717, 1.165) is 15.5 Å². The van der Waals surface area contributed by atoms with Crippen LogP contribution in [0.1, 0.15) is 18.1 Å². The van der Waals surface area contributed by atoms with Gasteiger partial charge in [-0.05, 0) is 30.2 Å². The predicted octanol–water partition coefficient (Wildman–Crippen LogP) is 4.09. The van der Waals surface area contributed by atoms with Crippen LogP contribution in [0.4, 0.5) is 9.52 Å². The van der Waals surface area contributed by atoms with Crippen LogP contribution >= 0.6 is 23.1 Å². The standard InChI is InChI=1S/C19H19FN4OS2/c1-13(17(25)21-11-14-5-3-2-4-6-14)26-19-24-23-18(27-19)22-12-15-7-9-16(20)10-8-15/h2-10,13H,11-12H2,1H3,(H,21,25)(H,22,23). The van der Waals surface area contributed by atoms with Crippen LogP contribution in [0.25, 0.3) is 0 Å². The van der Waals surface area contributed by atoms with Gasteiger partial charge in [0, 0.05) is 13.1 Å². The molecule has 1 heterocycles. The molecule has 0 aliphatic carbocycles. The summed E-state index contributed by atoms with van der Waals surface area (Å²) < 4.78 is 13.6. The van der Waals surface area contributed by atoms with Crippen LogP contribution in [0.5, 0.6) is 0 Å². The Morgan fingerprint density at radius 2 is 1.78 bits per heavy atom. The molecule has 0 bridgehead atoms. The van der Waals surface area contributed by atoms with Crippen molar-refractivity contribution in [2.45, 2.75) is 29.6 Å². The molecule has 5 nitrogen and oxygen atoms in total. The number of hydrogen-bond acceptors (Lipinski definition) is 6. The molecule has 0 fully saturated rings. The molecule has 140 valence electrons. The molecule has 0 saturated carbocycles. The lowest BCUT2D eigenvalue weighted by molar-refractivity contribution is -0.120. The van der Waals surface area contributed by atoms with Crippen LogP contribution in [-0.2, 0) is 17.9 Å². The molecule has 1 unspecified atom stereocenters. The molecule has 8 heteroatoms. The van der Waals surface area contributed by atoms with E-state index in [9.17, 15) is 9.18 Å². The molecule has 0 spiro atoms. The summed E-state index contributed by atoms with van der Waals surface area (Å²) >= 11 is 2.77. The Morgan fingerprint density at radius 1 is 1.07 bits per heavy atom. The highest BCUT2D eigenvalue weighted by atomic mass is 32.2. The summed E-state index contributed by atoms with van der Waals surface area (Å²) in [6, 6.07) is 16.1. The number of nitrogens with zero attached hydrogens (tertiary/aromatic N) is 2. The third kappa shape index (κ3) is 6.04. The van der Waals surface area contributed by atoms with Gasteiger partial charge in [-0.3, -0.25) is 4.79 Å². The molecular formula is C19H19FN4OS2. The lowest BCUT2D eigenvalue weighted by Crippen LogP contribution is -2.30. The van der Waals surface area contributed by atoms with Gasteiger partial charge in [0.2, 0.25) is 11.0 Å². The number of amides is 1. The van der Waals surface area contributed by atoms with Crippen LogP contribution in [-0.4, -0.2) is 21.4 Å². The van der Waals surface area contributed by atoms with Crippen molar-refractivity contribution in [2.24, 2.45) is 0 Å². The first-order valence-electron chi connectivity index (χ1n) is 8.40. The first-order valence-corrected chi connectivity index (χ1v) is 10.1. The molecule has 0 aliphatic rings. The van der Waals surface area contributed by atoms with Gasteiger partial charge in [0.05, 0.1) is 5.25 Å². The quantitative estimate of drug-likeness (QED) is 0.556. The van der Waals surface area contributed by atoms with Crippen LogP contribution < -0.4 is 10.6 Å². The van der Waals surface area contributed by atoms with E-state index < -0.39 is 0 Å². The van der Waals surface area contributed by atoms with Gasteiger partial charge in [0.1, 0.15) is 5.82 Å². The molecule has 3 rings (SSSR count). The lowest BCUT2D eigenvalue weighted by Gasteiger charge is -2.10. The monoisotopic (exact) mass is 402 g/mol. The summed E-state index contributed by atoms with van der Waals surface area (Å²) in [5.41, 5.74) is 2.01. The van der Waals surface area contributed by atoms with Crippen LogP contribution in [0.15, 0.2) is 58.9 Å². The molecule has 1 amide bonds. The fourth-order valence-corrected chi connectivity index (χ4v) is 4.16. The minimum absolute atomic E-state index is 0.0418. The zero-order valence-electron chi connectivity index (χ0n) is 14.7. The normalized spacial score (nSPS) is 11.8. The fourth-order valence-electron chi connectivity index (χ4n) is 2.24. The first kappa shape index (κ1) is 19.3. The fraction of sp³-hybridized carbons (Fsp3) is 0.211. The van der Waals surface area contributed by atoms with Gasteiger partial charge < -0.3 is 10.6 Å². The number of halogens is 1. The number of nitrogens with one attached hydrogen (secondary N) is 2. The van der Waals surface area contributed by atoms with Gasteiger partial charge in [0.15, 0.2) is 4.34 Å². The lowest BCUT2D eigenvalue weighted by atomic mass is 10.2. The van der Waals surface area contributed by atoms with Crippen molar-refractivity contribution in [3.63, 3.8) is 0 Å². The summed E-state index contributed by atoms with van der Waals surface area (Å²) in [7, 11) is 0. The van der Waals surface area contributed by atoms with Crippen molar-refractivity contribution < 1.29 is 9.18 Å². The molecule has 1 atom stereocenters. The largest absolute Gasteiger partial charge is 0.356 e. The highest BCUT2D eigenvalue weighted by Crippen LogP contribution is 2.29. The smallest absolute Gasteiger partial charge is 0.233 e. The molecule has 0 radical (unpaired) electrons. The van der Waals surface area contributed by atoms with E-state index in [0.29, 0.717) is 18.2 Å². The molecule has 1 aromatic heterocycles. The Hall–Kier alpha value is -2.45. The number of hydrogen-bond donors (Lipinski definition) is 2. The van der Waals surface area contributed by atoms with Crippen LogP contribution in [0, 0.1) is 5.82 Å². The van der Waals surface area contributed by atoms with Crippen LogP contribution in [0.3, 0.4) is 0 Å². The molecule has 2 N–H and O–H groups in total. The zero-order chi connectivity index (χ0) is 19.1. The topological polar surface area (TPSA) is 66.9 Å². The van der Waals surface area contributed by atoms with Gasteiger partial charge in [-0.1, -0.05) is 65.6 Å². The van der Waals surface area contributed by atoms with E-state index in [1.165, 1.54) is 35.2 Å². The third-order valence-electron chi connectivity index (χ3n) is 3.72. The van der Waals surface area contributed by atoms with Gasteiger partial charge in [-0.15, -0.1) is 10.2 Å². The molecule has 0 aliphatic heterocycles. The second-order valence-electron chi connectivity index (χ2n) is 5.82. The molecule has 27 heavy (non-hydrogen) atoms. The second kappa shape index (κ2) is 9.48. The molecule has 3 aromatic rings. The van der Waals surface area contributed by atoms with E-state index in [1.54, 1.807) is 12.1 Å². The molecular weight excluding hydrogens is 383 g/mol. The number of aromatic nitrogens is 2. The second-order valence-corrected chi connectivity index (χ2v) is 8.38. The maximum atomic E-state index is 12.9. The summed E-state index contributed by atoms with van der Waals surface area (Å²) in [4.78, 5) is 12.2. The van der Waals surface area contributed by atoms with E-state index in [2.05, 4.69) is 20.8 Å². The van der Waals surface area contributed by atoms with Crippen molar-refractivity contribution in [3.8, 4) is 0 Å². The summed E-state index contributed by atoms with van der Waals surface area (Å²) in [5, 5.41) is 14.7. The Morgan fingerprint density at radius 3 is 2.52 bits per heavy atom. The molecule has 0 saturated heterocycles. The average molecular weight is 403 g/mol. The Labute approximate surface area is 165 Å². The number of rotatable bonds is 8. The third-order valence-corrected chi connectivity index (χ3v) is 5.79. The summed E-state index contributed by atoms with van der Waals surface area (Å²) in [5.74, 6) is -0.298. The average Bonchev–Trinajstić information content (AvgIpc) is 3.13. The maximum absolute atomic E-state index is 12.9. The van der Waals surface area contributed by atoms with Crippen molar-refractivity contribution in [3.05, 3.63) is 71.5 Å². The Kier molecular flexibility index (Phi) is 6.78. The van der Waals surface area contributed by atoms with E-state index in [-0.39, 0.29) is 17.0 Å². The number of carbonyl (C=O) groups is 1. The van der Waals surface area contributed by atoms with E-state index in [1.807, 2.05) is 37.3 Å². The van der Waals surface area contributed by atoms with E-state index >= 15 is 0 Å². The van der Waals surface area contributed by atoms with Crippen LogP contribution in [0.2, 0.25) is 0 Å². The predicted molar refractivity (Wildman–Crippen MR) is 107 cm³/mol. The van der Waals surface area contributed by atoms with Gasteiger partial charge in [0.25, 0.3) is 0 Å². The summed E-state index contributed by atoms with van der Waals surface area (Å²) in [6.07, 6.45) is 0. The minimum atomic E-state index is -0.272. The molecule has 2 aromatic carbocycles. The van der Waals surface area contributed by atoms with Crippen molar-refractivity contribution in [1.29, 1.82) is 0 Å². The van der Waals surface area contributed by atoms with E-state index in [4.69, 9.17) is 0 Å². The Balaban J connectivity index is 1.46.